The van der Waals surface area contributed by atoms with Gasteiger partial charge in [0.05, 0.1) is 17.9 Å². The molecule has 0 spiro atoms. The van der Waals surface area contributed by atoms with Gasteiger partial charge in [0.1, 0.15) is 5.82 Å². The first kappa shape index (κ1) is 14.8. The second kappa shape index (κ2) is 6.32. The quantitative estimate of drug-likeness (QED) is 0.943. The summed E-state index contributed by atoms with van der Waals surface area (Å²) in [6.07, 6.45) is 2.38. The Labute approximate surface area is 130 Å². The molecule has 5 nitrogen and oxygen atoms in total. The molecule has 1 N–H and O–H groups in total. The van der Waals surface area contributed by atoms with E-state index in [1.54, 1.807) is 0 Å². The van der Waals surface area contributed by atoms with Crippen LogP contribution in [0, 0.1) is 13.8 Å². The number of para-hydroxylation sites is 1. The van der Waals surface area contributed by atoms with Gasteiger partial charge in [0.2, 0.25) is 5.91 Å². The van der Waals surface area contributed by atoms with E-state index in [1.165, 1.54) is 12.8 Å². The van der Waals surface area contributed by atoms with E-state index >= 15 is 0 Å². The van der Waals surface area contributed by atoms with E-state index < -0.39 is 0 Å². The lowest BCUT2D eigenvalue weighted by Gasteiger charge is -2.15. The van der Waals surface area contributed by atoms with E-state index in [0.717, 1.165) is 35.9 Å². The van der Waals surface area contributed by atoms with Crippen molar-refractivity contribution in [3.8, 4) is 5.69 Å². The van der Waals surface area contributed by atoms with E-state index in [4.69, 9.17) is 0 Å². The molecule has 1 fully saturated rings. The fourth-order valence-electron chi connectivity index (χ4n) is 2.90. The molecule has 0 aliphatic carbocycles. The van der Waals surface area contributed by atoms with Crippen molar-refractivity contribution in [1.29, 1.82) is 0 Å². The van der Waals surface area contributed by atoms with Crippen molar-refractivity contribution in [2.24, 2.45) is 0 Å². The van der Waals surface area contributed by atoms with Crippen LogP contribution >= 0.6 is 0 Å². The molecule has 0 bridgehead atoms. The monoisotopic (exact) mass is 298 g/mol. The van der Waals surface area contributed by atoms with E-state index in [-0.39, 0.29) is 5.91 Å². The minimum atomic E-state index is 0.0247. The van der Waals surface area contributed by atoms with Crippen LogP contribution in [0.2, 0.25) is 0 Å². The standard InChI is InChI=1S/C17H22N4O/c1-13-7-3-4-8-15(13)21-16(11-14(2)19-21)18-17(22)12-20-9-5-6-10-20/h3-4,7-8,11H,5-6,9-10,12H2,1-2H3,(H,18,22). The molecule has 22 heavy (non-hydrogen) atoms. The van der Waals surface area contributed by atoms with E-state index in [9.17, 15) is 4.79 Å². The molecule has 3 rings (SSSR count). The summed E-state index contributed by atoms with van der Waals surface area (Å²) in [5, 5.41) is 7.52. The number of amides is 1. The summed E-state index contributed by atoms with van der Waals surface area (Å²) in [4.78, 5) is 14.4. The predicted octanol–water partition coefficient (Wildman–Crippen LogP) is 2.52. The number of carbonyl (C=O) groups is 1. The van der Waals surface area contributed by atoms with Crippen LogP contribution < -0.4 is 5.32 Å². The molecule has 0 unspecified atom stereocenters. The van der Waals surface area contributed by atoms with Gasteiger partial charge in [-0.15, -0.1) is 0 Å². The van der Waals surface area contributed by atoms with Crippen LogP contribution in [-0.2, 0) is 4.79 Å². The number of rotatable bonds is 4. The summed E-state index contributed by atoms with van der Waals surface area (Å²) in [7, 11) is 0. The third-order valence-electron chi connectivity index (χ3n) is 4.01. The molecule has 1 aliphatic heterocycles. The Morgan fingerprint density at radius 1 is 1.23 bits per heavy atom. The minimum Gasteiger partial charge on any atom is -0.309 e. The molecule has 2 aromatic rings. The van der Waals surface area contributed by atoms with Crippen molar-refractivity contribution in [3.05, 3.63) is 41.6 Å². The third kappa shape index (κ3) is 3.20. The van der Waals surface area contributed by atoms with Gasteiger partial charge in [-0.2, -0.15) is 5.10 Å². The van der Waals surface area contributed by atoms with Crippen molar-refractivity contribution in [2.45, 2.75) is 26.7 Å². The van der Waals surface area contributed by atoms with E-state index in [0.29, 0.717) is 6.54 Å². The van der Waals surface area contributed by atoms with Gasteiger partial charge in [0.15, 0.2) is 0 Å². The number of anilines is 1. The molecule has 1 aromatic heterocycles. The molecule has 0 saturated carbocycles. The van der Waals surface area contributed by atoms with Crippen LogP contribution in [0.3, 0.4) is 0 Å². The number of hydrogen-bond acceptors (Lipinski definition) is 3. The number of nitrogens with one attached hydrogen (secondary N) is 1. The molecule has 1 saturated heterocycles. The second-order valence-corrected chi connectivity index (χ2v) is 5.90. The summed E-state index contributed by atoms with van der Waals surface area (Å²) in [6, 6.07) is 9.95. The summed E-state index contributed by atoms with van der Waals surface area (Å²) in [5.74, 6) is 0.757. The molecule has 0 atom stereocenters. The lowest BCUT2D eigenvalue weighted by atomic mass is 10.2. The van der Waals surface area contributed by atoms with Crippen molar-refractivity contribution in [2.75, 3.05) is 25.0 Å². The highest BCUT2D eigenvalue weighted by molar-refractivity contribution is 5.91. The molecule has 2 heterocycles. The normalized spacial score (nSPS) is 15.2. The Kier molecular flexibility index (Phi) is 4.24. The highest BCUT2D eigenvalue weighted by atomic mass is 16.2. The lowest BCUT2D eigenvalue weighted by molar-refractivity contribution is -0.117. The van der Waals surface area contributed by atoms with Gasteiger partial charge in [-0.3, -0.25) is 9.69 Å². The highest BCUT2D eigenvalue weighted by Gasteiger charge is 2.17. The first-order chi connectivity index (χ1) is 10.6. The molecule has 1 aromatic carbocycles. The Balaban J connectivity index is 1.79. The van der Waals surface area contributed by atoms with Crippen molar-refractivity contribution >= 4 is 11.7 Å². The Hall–Kier alpha value is -2.14. The summed E-state index contributed by atoms with van der Waals surface area (Å²) in [6.45, 7) is 6.47. The number of aromatic nitrogens is 2. The SMILES string of the molecule is Cc1cc(NC(=O)CN2CCCC2)n(-c2ccccc2C)n1. The smallest absolute Gasteiger partial charge is 0.239 e. The van der Waals surface area contributed by atoms with E-state index in [1.807, 2.05) is 48.9 Å². The topological polar surface area (TPSA) is 50.2 Å². The zero-order valence-corrected chi connectivity index (χ0v) is 13.2. The van der Waals surface area contributed by atoms with Crippen LogP contribution in [0.1, 0.15) is 24.1 Å². The molecule has 1 amide bonds. The van der Waals surface area contributed by atoms with Crippen molar-refractivity contribution in [3.63, 3.8) is 0 Å². The first-order valence-electron chi connectivity index (χ1n) is 7.78. The number of hydrogen-bond donors (Lipinski definition) is 1. The van der Waals surface area contributed by atoms with Crippen LogP contribution in [-0.4, -0.2) is 40.2 Å². The van der Waals surface area contributed by atoms with Gasteiger partial charge in [-0.05, 0) is 51.4 Å². The summed E-state index contributed by atoms with van der Waals surface area (Å²) in [5.41, 5.74) is 3.01. The van der Waals surface area contributed by atoms with Crippen molar-refractivity contribution in [1.82, 2.24) is 14.7 Å². The van der Waals surface area contributed by atoms with Gasteiger partial charge < -0.3 is 5.32 Å². The predicted molar refractivity (Wildman–Crippen MR) is 87.3 cm³/mol. The maximum Gasteiger partial charge on any atom is 0.239 e. The molecule has 5 heteroatoms. The maximum atomic E-state index is 12.3. The summed E-state index contributed by atoms with van der Waals surface area (Å²) >= 11 is 0. The van der Waals surface area contributed by atoms with Gasteiger partial charge in [0, 0.05) is 6.07 Å². The van der Waals surface area contributed by atoms with Crippen LogP contribution in [0.5, 0.6) is 0 Å². The fourth-order valence-corrected chi connectivity index (χ4v) is 2.90. The zero-order valence-electron chi connectivity index (χ0n) is 13.2. The number of aryl methyl sites for hydroxylation is 2. The second-order valence-electron chi connectivity index (χ2n) is 5.90. The molecular formula is C17H22N4O. The van der Waals surface area contributed by atoms with Crippen LogP contribution in [0.15, 0.2) is 30.3 Å². The first-order valence-corrected chi connectivity index (χ1v) is 7.78. The summed E-state index contributed by atoms with van der Waals surface area (Å²) < 4.78 is 1.81. The number of carbonyl (C=O) groups excluding carboxylic acids is 1. The van der Waals surface area contributed by atoms with Gasteiger partial charge in [-0.1, -0.05) is 18.2 Å². The fraction of sp³-hybridized carbons (Fsp3) is 0.412. The molecule has 0 radical (unpaired) electrons. The molecule has 116 valence electrons. The highest BCUT2D eigenvalue weighted by Crippen LogP contribution is 2.20. The third-order valence-corrected chi connectivity index (χ3v) is 4.01. The maximum absolute atomic E-state index is 12.3. The number of likely N-dealkylation sites (tertiary alicyclic amines) is 1. The Bertz CT molecular complexity index is 671. The minimum absolute atomic E-state index is 0.0247. The van der Waals surface area contributed by atoms with Gasteiger partial charge in [-0.25, -0.2) is 4.68 Å². The van der Waals surface area contributed by atoms with Crippen molar-refractivity contribution < 1.29 is 4.79 Å². The van der Waals surface area contributed by atoms with Crippen LogP contribution in [0.25, 0.3) is 5.69 Å². The molecular weight excluding hydrogens is 276 g/mol. The largest absolute Gasteiger partial charge is 0.309 e. The van der Waals surface area contributed by atoms with Gasteiger partial charge >= 0.3 is 0 Å². The van der Waals surface area contributed by atoms with Crippen LogP contribution in [0.4, 0.5) is 5.82 Å². The lowest BCUT2D eigenvalue weighted by Crippen LogP contribution is -2.31. The average molecular weight is 298 g/mol. The van der Waals surface area contributed by atoms with Gasteiger partial charge in [0.25, 0.3) is 0 Å². The Morgan fingerprint density at radius 3 is 2.68 bits per heavy atom. The zero-order chi connectivity index (χ0) is 15.5. The molecule has 1 aliphatic rings. The van der Waals surface area contributed by atoms with E-state index in [2.05, 4.69) is 15.3 Å². The number of benzene rings is 1. The number of nitrogens with zero attached hydrogens (tertiary/aromatic N) is 3. The Morgan fingerprint density at radius 2 is 1.95 bits per heavy atom. The average Bonchev–Trinajstić information content (AvgIpc) is 3.09.